The monoisotopic (exact) mass is 216 g/mol. The Hall–Kier alpha value is -2.09. The molecule has 82 valence electrons. The zero-order chi connectivity index (χ0) is 11.4. The minimum absolute atomic E-state index is 0.0626. The molecule has 1 atom stereocenters. The van der Waals surface area contributed by atoms with E-state index in [9.17, 15) is 4.79 Å². The lowest BCUT2D eigenvalue weighted by atomic mass is 10.2. The number of carbonyl (C=O) groups is 1. The summed E-state index contributed by atoms with van der Waals surface area (Å²) in [7, 11) is 0. The van der Waals surface area contributed by atoms with Crippen LogP contribution in [-0.4, -0.2) is 29.0 Å². The third kappa shape index (κ3) is 2.11. The number of pyridine rings is 1. The first-order valence-electron chi connectivity index (χ1n) is 5.14. The Balaban J connectivity index is 2.02. The summed E-state index contributed by atoms with van der Waals surface area (Å²) in [6, 6.07) is 7.47. The number of urea groups is 1. The van der Waals surface area contributed by atoms with Gasteiger partial charge in [0.05, 0.1) is 24.2 Å². The first kappa shape index (κ1) is 10.4. The molecule has 1 aromatic heterocycles. The molecule has 0 bridgehead atoms. The van der Waals surface area contributed by atoms with Crippen LogP contribution in [0.1, 0.15) is 18.2 Å². The van der Waals surface area contributed by atoms with Crippen molar-refractivity contribution in [1.29, 1.82) is 5.26 Å². The second kappa shape index (κ2) is 4.62. The summed E-state index contributed by atoms with van der Waals surface area (Å²) in [5, 5.41) is 11.3. The van der Waals surface area contributed by atoms with Crippen molar-refractivity contribution in [2.75, 3.05) is 13.1 Å². The number of nitrogens with zero attached hydrogens (tertiary/aromatic N) is 3. The van der Waals surface area contributed by atoms with Crippen molar-refractivity contribution >= 4 is 6.03 Å². The number of amides is 2. The number of carbonyl (C=O) groups excluding carboxylic acids is 1. The van der Waals surface area contributed by atoms with Crippen molar-refractivity contribution in [2.24, 2.45) is 0 Å². The van der Waals surface area contributed by atoms with Crippen molar-refractivity contribution in [3.63, 3.8) is 0 Å². The molecule has 0 saturated carbocycles. The van der Waals surface area contributed by atoms with Crippen molar-refractivity contribution in [3.8, 4) is 6.07 Å². The predicted octanol–water partition coefficient (Wildman–Crippen LogP) is 1.06. The van der Waals surface area contributed by atoms with Gasteiger partial charge in [-0.05, 0) is 12.1 Å². The van der Waals surface area contributed by atoms with E-state index >= 15 is 0 Å². The first-order chi connectivity index (χ1) is 7.81. The minimum atomic E-state index is -0.120. The molecule has 5 nitrogen and oxygen atoms in total. The highest BCUT2D eigenvalue weighted by molar-refractivity contribution is 5.77. The van der Waals surface area contributed by atoms with Crippen LogP contribution in [0.25, 0.3) is 0 Å². The summed E-state index contributed by atoms with van der Waals surface area (Å²) >= 11 is 0. The molecule has 1 saturated heterocycles. The molecule has 2 heterocycles. The van der Waals surface area contributed by atoms with Gasteiger partial charge in [-0.15, -0.1) is 0 Å². The van der Waals surface area contributed by atoms with Gasteiger partial charge in [-0.3, -0.25) is 4.98 Å². The molecule has 1 unspecified atom stereocenters. The lowest BCUT2D eigenvalue weighted by Crippen LogP contribution is -2.28. The van der Waals surface area contributed by atoms with E-state index in [1.807, 2.05) is 24.3 Å². The molecule has 2 amide bonds. The summed E-state index contributed by atoms with van der Waals surface area (Å²) in [6.07, 6.45) is 2.07. The topological polar surface area (TPSA) is 69.0 Å². The summed E-state index contributed by atoms with van der Waals surface area (Å²) in [4.78, 5) is 17.4. The standard InChI is InChI=1S/C11H12N4O/c12-5-3-7-15-8-10(14-11(15)16)9-4-1-2-6-13-9/h1-2,4,6,10H,3,7-8H2,(H,14,16). The Morgan fingerprint density at radius 3 is 3.19 bits per heavy atom. The van der Waals surface area contributed by atoms with Gasteiger partial charge >= 0.3 is 6.03 Å². The van der Waals surface area contributed by atoms with E-state index in [1.54, 1.807) is 11.1 Å². The van der Waals surface area contributed by atoms with Crippen LogP contribution in [0, 0.1) is 11.3 Å². The van der Waals surface area contributed by atoms with Gasteiger partial charge in [-0.2, -0.15) is 5.26 Å². The molecule has 0 radical (unpaired) electrons. The molecule has 1 N–H and O–H groups in total. The summed E-state index contributed by atoms with van der Waals surface area (Å²) in [5.74, 6) is 0. The lowest BCUT2D eigenvalue weighted by Gasteiger charge is -2.11. The highest BCUT2D eigenvalue weighted by Gasteiger charge is 2.29. The number of rotatable bonds is 3. The molecule has 5 heteroatoms. The Bertz CT molecular complexity index is 412. The van der Waals surface area contributed by atoms with E-state index in [-0.39, 0.29) is 12.1 Å². The summed E-state index contributed by atoms with van der Waals surface area (Å²) in [6.45, 7) is 1.06. The highest BCUT2D eigenvalue weighted by atomic mass is 16.2. The fourth-order valence-corrected chi connectivity index (χ4v) is 1.72. The number of nitriles is 1. The fourth-order valence-electron chi connectivity index (χ4n) is 1.72. The third-order valence-corrected chi connectivity index (χ3v) is 2.53. The van der Waals surface area contributed by atoms with E-state index < -0.39 is 0 Å². The van der Waals surface area contributed by atoms with Gasteiger partial charge in [-0.1, -0.05) is 6.07 Å². The van der Waals surface area contributed by atoms with Crippen LogP contribution in [0.15, 0.2) is 24.4 Å². The molecular weight excluding hydrogens is 204 g/mol. The quantitative estimate of drug-likeness (QED) is 0.821. The van der Waals surface area contributed by atoms with Gasteiger partial charge in [0.15, 0.2) is 0 Å². The van der Waals surface area contributed by atoms with Crippen molar-refractivity contribution in [1.82, 2.24) is 15.2 Å². The smallest absolute Gasteiger partial charge is 0.318 e. The molecule has 0 aliphatic carbocycles. The van der Waals surface area contributed by atoms with Gasteiger partial charge in [0, 0.05) is 19.3 Å². The van der Waals surface area contributed by atoms with Crippen LogP contribution < -0.4 is 5.32 Å². The SMILES string of the molecule is N#CCCN1CC(c2ccccn2)NC1=O. The largest absolute Gasteiger partial charge is 0.328 e. The normalized spacial score (nSPS) is 19.3. The molecule has 0 spiro atoms. The lowest BCUT2D eigenvalue weighted by molar-refractivity contribution is 0.218. The second-order valence-electron chi connectivity index (χ2n) is 3.61. The zero-order valence-electron chi connectivity index (χ0n) is 8.76. The van der Waals surface area contributed by atoms with E-state index in [2.05, 4.69) is 10.3 Å². The van der Waals surface area contributed by atoms with E-state index in [0.717, 1.165) is 5.69 Å². The van der Waals surface area contributed by atoms with Gasteiger partial charge in [0.1, 0.15) is 0 Å². The van der Waals surface area contributed by atoms with Gasteiger partial charge in [0.2, 0.25) is 0 Å². The van der Waals surface area contributed by atoms with Gasteiger partial charge < -0.3 is 10.2 Å². The average molecular weight is 216 g/mol. The van der Waals surface area contributed by atoms with E-state index in [4.69, 9.17) is 5.26 Å². The number of hydrogen-bond acceptors (Lipinski definition) is 3. The number of hydrogen-bond donors (Lipinski definition) is 1. The van der Waals surface area contributed by atoms with Crippen molar-refractivity contribution < 1.29 is 4.79 Å². The van der Waals surface area contributed by atoms with Crippen LogP contribution in [0.2, 0.25) is 0 Å². The maximum atomic E-state index is 11.5. The molecule has 1 fully saturated rings. The molecule has 1 aliphatic rings. The molecule has 1 aromatic rings. The van der Waals surface area contributed by atoms with Crippen LogP contribution in [0.4, 0.5) is 4.79 Å². The minimum Gasteiger partial charge on any atom is -0.328 e. The Morgan fingerprint density at radius 1 is 1.62 bits per heavy atom. The number of aromatic nitrogens is 1. The van der Waals surface area contributed by atoms with Crippen molar-refractivity contribution in [2.45, 2.75) is 12.5 Å². The molecule has 1 aliphatic heterocycles. The van der Waals surface area contributed by atoms with Crippen molar-refractivity contribution in [3.05, 3.63) is 30.1 Å². The van der Waals surface area contributed by atoms with Gasteiger partial charge in [0.25, 0.3) is 0 Å². The van der Waals surface area contributed by atoms with Crippen LogP contribution in [0.5, 0.6) is 0 Å². The first-order valence-corrected chi connectivity index (χ1v) is 5.14. The molecule has 16 heavy (non-hydrogen) atoms. The predicted molar refractivity (Wildman–Crippen MR) is 57.3 cm³/mol. The third-order valence-electron chi connectivity index (χ3n) is 2.53. The second-order valence-corrected chi connectivity index (χ2v) is 3.61. The highest BCUT2D eigenvalue weighted by Crippen LogP contribution is 2.17. The Kier molecular flexibility index (Phi) is 3.01. The summed E-state index contributed by atoms with van der Waals surface area (Å²) < 4.78 is 0. The van der Waals surface area contributed by atoms with Crippen LogP contribution in [-0.2, 0) is 0 Å². The van der Waals surface area contributed by atoms with Crippen LogP contribution >= 0.6 is 0 Å². The molecule has 0 aromatic carbocycles. The molecule has 2 rings (SSSR count). The fraction of sp³-hybridized carbons (Fsp3) is 0.364. The van der Waals surface area contributed by atoms with Gasteiger partial charge in [-0.25, -0.2) is 4.79 Å². The number of nitrogens with one attached hydrogen (secondary N) is 1. The summed E-state index contributed by atoms with van der Waals surface area (Å²) in [5.41, 5.74) is 0.857. The Morgan fingerprint density at radius 2 is 2.50 bits per heavy atom. The Labute approximate surface area is 93.7 Å². The maximum absolute atomic E-state index is 11.5. The van der Waals surface area contributed by atoms with E-state index in [1.165, 1.54) is 0 Å². The molecular formula is C11H12N4O. The maximum Gasteiger partial charge on any atom is 0.318 e. The van der Waals surface area contributed by atoms with E-state index in [0.29, 0.717) is 19.5 Å². The van der Waals surface area contributed by atoms with Crippen LogP contribution in [0.3, 0.4) is 0 Å². The zero-order valence-corrected chi connectivity index (χ0v) is 8.76. The average Bonchev–Trinajstić information content (AvgIpc) is 2.69.